The maximum absolute atomic E-state index is 12.8. The molecule has 0 amide bonds. The molecule has 0 saturated heterocycles. The van der Waals surface area contributed by atoms with Crippen LogP contribution in [0.25, 0.3) is 0 Å². The first kappa shape index (κ1) is 66.3. The normalized spacial score (nSPS) is 13.2. The fourth-order valence-electron chi connectivity index (χ4n) is 7.20. The minimum absolute atomic E-state index is 0.0872. The van der Waals surface area contributed by atoms with E-state index in [-0.39, 0.29) is 31.6 Å². The number of esters is 3. The predicted molar refractivity (Wildman–Crippen MR) is 306 cm³/mol. The van der Waals surface area contributed by atoms with Crippen molar-refractivity contribution in [1.82, 2.24) is 0 Å². The summed E-state index contributed by atoms with van der Waals surface area (Å²) in [5.41, 5.74) is 0. The van der Waals surface area contributed by atoms with Crippen LogP contribution in [0.3, 0.4) is 0 Å². The van der Waals surface area contributed by atoms with E-state index in [1.165, 1.54) is 51.4 Å². The van der Waals surface area contributed by atoms with E-state index in [1.807, 2.05) is 6.08 Å². The molecule has 0 aromatic rings. The predicted octanol–water partition coefficient (Wildman–Crippen LogP) is 19.2. The Morgan fingerprint density at radius 3 is 0.930 bits per heavy atom. The standard InChI is InChI=1S/C65H102O6/c1-4-7-10-13-16-19-22-24-26-27-28-29-30-31-32-33-34-35-36-37-39-40-43-46-49-52-55-58-64(67)70-61-62(60-69-63(66)57-54-51-48-45-42-21-18-15-12-9-6-3)71-65(68)59-56-53-50-47-44-41-38-25-23-20-17-14-11-8-5-2/h7-8,10-11,16-17,19-20,24-26,28-29,31-32,34-35,37-39,44,47,53,56,62H,4-6,9,12-15,18,21-23,27,30,33,36,40-43,45-46,48-52,54-55,57-61H2,1-3H3/b10-7-,11-8-,19-16-,20-17-,26-24-,29-28-,32-31-,35-34-,38-25-,39-37-,47-44-,56-53-. The van der Waals surface area contributed by atoms with Gasteiger partial charge in [-0.15, -0.1) is 0 Å². The SMILES string of the molecule is CC/C=C\C/C=C\C/C=C\C/C=C\C/C=C\C/C=C\C/C=C\CCCCCCCC(=O)OCC(COC(=O)CCCCCCCCCCCCC)OC(=O)C/C=C\C/C=C\C/C=C\C/C=C\C/C=C\CC. The molecule has 0 aromatic carbocycles. The molecule has 0 rings (SSSR count). The first-order valence-electron chi connectivity index (χ1n) is 28.3. The number of ether oxygens (including phenoxy) is 3. The van der Waals surface area contributed by atoms with Crippen molar-refractivity contribution in [2.75, 3.05) is 13.2 Å². The lowest BCUT2D eigenvalue weighted by Crippen LogP contribution is -2.30. The molecule has 0 saturated carbocycles. The van der Waals surface area contributed by atoms with Crippen molar-refractivity contribution in [3.63, 3.8) is 0 Å². The fourth-order valence-corrected chi connectivity index (χ4v) is 7.20. The van der Waals surface area contributed by atoms with Crippen LogP contribution in [0.15, 0.2) is 146 Å². The van der Waals surface area contributed by atoms with Gasteiger partial charge >= 0.3 is 17.9 Å². The third-order valence-electron chi connectivity index (χ3n) is 11.4. The Kier molecular flexibility index (Phi) is 54.0. The third kappa shape index (κ3) is 56.1. The molecule has 1 atom stereocenters. The first-order valence-corrected chi connectivity index (χ1v) is 28.3. The lowest BCUT2D eigenvalue weighted by Gasteiger charge is -2.18. The number of allylic oxidation sites excluding steroid dienone is 23. The van der Waals surface area contributed by atoms with E-state index in [9.17, 15) is 14.4 Å². The molecule has 0 radical (unpaired) electrons. The van der Waals surface area contributed by atoms with Crippen LogP contribution >= 0.6 is 0 Å². The molecule has 0 aliphatic carbocycles. The average Bonchev–Trinajstić information content (AvgIpc) is 3.37. The second-order valence-electron chi connectivity index (χ2n) is 18.1. The topological polar surface area (TPSA) is 78.9 Å². The molecule has 6 nitrogen and oxygen atoms in total. The Hall–Kier alpha value is -4.71. The number of rotatable bonds is 49. The van der Waals surface area contributed by atoms with E-state index in [0.29, 0.717) is 19.3 Å². The van der Waals surface area contributed by atoms with Gasteiger partial charge in [0.15, 0.2) is 6.10 Å². The molecule has 0 N–H and O–H groups in total. The van der Waals surface area contributed by atoms with E-state index in [4.69, 9.17) is 14.2 Å². The van der Waals surface area contributed by atoms with Crippen molar-refractivity contribution in [1.29, 1.82) is 0 Å². The zero-order chi connectivity index (χ0) is 51.4. The molecule has 0 aliphatic heterocycles. The summed E-state index contributed by atoms with van der Waals surface area (Å²) in [6, 6.07) is 0. The molecule has 398 valence electrons. The summed E-state index contributed by atoms with van der Waals surface area (Å²) >= 11 is 0. The molecule has 0 spiro atoms. The van der Waals surface area contributed by atoms with Gasteiger partial charge in [0.25, 0.3) is 0 Å². The van der Waals surface area contributed by atoms with Crippen molar-refractivity contribution < 1.29 is 28.6 Å². The zero-order valence-corrected chi connectivity index (χ0v) is 45.4. The van der Waals surface area contributed by atoms with Gasteiger partial charge in [0.2, 0.25) is 0 Å². The number of carbonyl (C=O) groups excluding carboxylic acids is 3. The maximum Gasteiger partial charge on any atom is 0.310 e. The summed E-state index contributed by atoms with van der Waals surface area (Å²) in [4.78, 5) is 38.0. The Morgan fingerprint density at radius 1 is 0.310 bits per heavy atom. The third-order valence-corrected chi connectivity index (χ3v) is 11.4. The van der Waals surface area contributed by atoms with Gasteiger partial charge in [0.1, 0.15) is 13.2 Å². The van der Waals surface area contributed by atoms with Gasteiger partial charge in [-0.25, -0.2) is 0 Å². The molecule has 1 unspecified atom stereocenters. The van der Waals surface area contributed by atoms with Crippen molar-refractivity contribution in [3.05, 3.63) is 146 Å². The van der Waals surface area contributed by atoms with Gasteiger partial charge in [0.05, 0.1) is 6.42 Å². The van der Waals surface area contributed by atoms with Crippen LogP contribution < -0.4 is 0 Å². The van der Waals surface area contributed by atoms with Crippen LogP contribution in [-0.4, -0.2) is 37.2 Å². The minimum Gasteiger partial charge on any atom is -0.462 e. The molecule has 0 aromatic heterocycles. The van der Waals surface area contributed by atoms with Crippen molar-refractivity contribution >= 4 is 17.9 Å². The minimum atomic E-state index is -0.845. The number of hydrogen-bond acceptors (Lipinski definition) is 6. The molecule has 71 heavy (non-hydrogen) atoms. The van der Waals surface area contributed by atoms with Gasteiger partial charge in [-0.2, -0.15) is 0 Å². The van der Waals surface area contributed by atoms with E-state index >= 15 is 0 Å². The number of unbranched alkanes of at least 4 members (excludes halogenated alkanes) is 15. The van der Waals surface area contributed by atoms with Gasteiger partial charge < -0.3 is 14.2 Å². The van der Waals surface area contributed by atoms with E-state index in [0.717, 1.165) is 128 Å². The average molecular weight is 980 g/mol. The molecule has 0 fully saturated rings. The summed E-state index contributed by atoms with van der Waals surface area (Å²) in [7, 11) is 0. The highest BCUT2D eigenvalue weighted by Crippen LogP contribution is 2.13. The molecular formula is C65H102O6. The van der Waals surface area contributed by atoms with Gasteiger partial charge in [-0.05, 0) is 103 Å². The van der Waals surface area contributed by atoms with Crippen molar-refractivity contribution in [2.24, 2.45) is 0 Å². The summed E-state index contributed by atoms with van der Waals surface area (Å²) in [6.07, 6.45) is 82.9. The Bertz CT molecular complexity index is 1590. The highest BCUT2D eigenvalue weighted by molar-refractivity contribution is 5.72. The van der Waals surface area contributed by atoms with Crippen molar-refractivity contribution in [3.8, 4) is 0 Å². The van der Waals surface area contributed by atoms with Crippen molar-refractivity contribution in [2.45, 2.75) is 232 Å². The second kappa shape index (κ2) is 57.9. The summed E-state index contributed by atoms with van der Waals surface area (Å²) in [5.74, 6) is -1.09. The summed E-state index contributed by atoms with van der Waals surface area (Å²) in [5, 5.41) is 0. The highest BCUT2D eigenvalue weighted by atomic mass is 16.6. The van der Waals surface area contributed by atoms with Gasteiger partial charge in [-0.1, -0.05) is 250 Å². The Labute approximate surface area is 436 Å². The van der Waals surface area contributed by atoms with Crippen LogP contribution in [0.5, 0.6) is 0 Å². The zero-order valence-electron chi connectivity index (χ0n) is 45.4. The highest BCUT2D eigenvalue weighted by Gasteiger charge is 2.19. The lowest BCUT2D eigenvalue weighted by atomic mass is 10.1. The van der Waals surface area contributed by atoms with Crippen LogP contribution in [0, 0.1) is 0 Å². The molecule has 0 aliphatic rings. The van der Waals surface area contributed by atoms with Crippen LogP contribution in [0.4, 0.5) is 0 Å². The van der Waals surface area contributed by atoms with Crippen LogP contribution in [0.1, 0.15) is 226 Å². The van der Waals surface area contributed by atoms with Gasteiger partial charge in [-0.3, -0.25) is 14.4 Å². The molecule has 6 heteroatoms. The number of hydrogen-bond donors (Lipinski definition) is 0. The fraction of sp³-hybridized carbons (Fsp3) is 0.585. The lowest BCUT2D eigenvalue weighted by molar-refractivity contribution is -0.166. The first-order chi connectivity index (χ1) is 35.0. The van der Waals surface area contributed by atoms with E-state index in [1.54, 1.807) is 6.08 Å². The monoisotopic (exact) mass is 979 g/mol. The van der Waals surface area contributed by atoms with Crippen LogP contribution in [-0.2, 0) is 28.6 Å². The van der Waals surface area contributed by atoms with Gasteiger partial charge in [0, 0.05) is 12.8 Å². The largest absolute Gasteiger partial charge is 0.462 e. The van der Waals surface area contributed by atoms with E-state index < -0.39 is 12.1 Å². The summed E-state index contributed by atoms with van der Waals surface area (Å²) < 4.78 is 16.7. The van der Waals surface area contributed by atoms with Crippen LogP contribution in [0.2, 0.25) is 0 Å². The molecule has 0 bridgehead atoms. The summed E-state index contributed by atoms with van der Waals surface area (Å²) in [6.45, 7) is 6.29. The quantitative estimate of drug-likeness (QED) is 0.0262. The number of carbonyl (C=O) groups is 3. The second-order valence-corrected chi connectivity index (χ2v) is 18.1. The smallest absolute Gasteiger partial charge is 0.310 e. The molecular weight excluding hydrogens is 877 g/mol. The molecule has 0 heterocycles. The maximum atomic E-state index is 12.8. The van der Waals surface area contributed by atoms with E-state index in [2.05, 4.69) is 154 Å². The Morgan fingerprint density at radius 2 is 0.592 bits per heavy atom. The Balaban J connectivity index is 4.44.